The third kappa shape index (κ3) is 7.01. The second-order valence-electron chi connectivity index (χ2n) is 8.12. The van der Waals surface area contributed by atoms with Crippen LogP contribution in [-0.2, 0) is 26.9 Å². The quantitative estimate of drug-likeness (QED) is 0.452. The van der Waals surface area contributed by atoms with E-state index in [0.29, 0.717) is 10.7 Å². The molecule has 10 heteroatoms. The molecule has 2 aromatic carbocycles. The van der Waals surface area contributed by atoms with Crippen molar-refractivity contribution < 1.29 is 18.3 Å². The van der Waals surface area contributed by atoms with Crippen LogP contribution in [0.2, 0.25) is 5.02 Å². The van der Waals surface area contributed by atoms with Crippen LogP contribution >= 0.6 is 22.9 Å². The number of carbonyl (C=O) groups is 1. The van der Waals surface area contributed by atoms with Crippen molar-refractivity contribution in [1.82, 2.24) is 9.88 Å². The molecule has 4 rings (SSSR count). The summed E-state index contributed by atoms with van der Waals surface area (Å²) >= 11 is 7.85. The fourth-order valence-corrected chi connectivity index (χ4v) is 6.08. The zero-order valence-corrected chi connectivity index (χ0v) is 20.5. The third-order valence-corrected chi connectivity index (χ3v) is 7.95. The van der Waals surface area contributed by atoms with Crippen LogP contribution in [0.25, 0.3) is 0 Å². The Morgan fingerprint density at radius 3 is 2.64 bits per heavy atom. The van der Waals surface area contributed by atoms with Crippen LogP contribution in [0, 0.1) is 0 Å². The summed E-state index contributed by atoms with van der Waals surface area (Å²) in [6, 6.07) is 15.4. The van der Waals surface area contributed by atoms with Crippen molar-refractivity contribution >= 4 is 44.9 Å². The molecule has 0 aliphatic carbocycles. The molecule has 0 spiro atoms. The van der Waals surface area contributed by atoms with E-state index >= 15 is 0 Å². The van der Waals surface area contributed by atoms with Crippen LogP contribution in [-0.4, -0.2) is 48.5 Å². The standard InChI is InChI=1S/C22H24ClN3O2S2.CH2O2/c1-22(9-10-26(15-22)12-17-5-3-2-4-6-17)25-21-8-7-19(11-20(21)23)30(27,28)14-18-13-29-16-24-18;2-1-3/h2-8,11,13,16,25H,9-10,12,14-15H2,1H3;1H,(H,2,3)/t22-;/m1./s1. The number of nitrogens with one attached hydrogen (secondary N) is 1. The Bertz CT molecular complexity index is 1160. The molecule has 1 atom stereocenters. The Labute approximate surface area is 203 Å². The summed E-state index contributed by atoms with van der Waals surface area (Å²) in [5, 5.41) is 12.6. The van der Waals surface area contributed by atoms with Crippen molar-refractivity contribution in [2.75, 3.05) is 18.4 Å². The number of carboxylic acid groups (broad SMARTS) is 1. The van der Waals surface area contributed by atoms with Crippen molar-refractivity contribution in [3.8, 4) is 0 Å². The van der Waals surface area contributed by atoms with E-state index in [1.54, 1.807) is 23.0 Å². The van der Waals surface area contributed by atoms with Crippen LogP contribution in [0.4, 0.5) is 5.69 Å². The molecule has 7 nitrogen and oxygen atoms in total. The van der Waals surface area contributed by atoms with Crippen molar-refractivity contribution in [3.63, 3.8) is 0 Å². The van der Waals surface area contributed by atoms with Crippen molar-refractivity contribution in [3.05, 3.63) is 75.7 Å². The first-order valence-corrected chi connectivity index (χ1v) is 13.2. The van der Waals surface area contributed by atoms with Gasteiger partial charge in [0.25, 0.3) is 6.47 Å². The van der Waals surface area contributed by atoms with Gasteiger partial charge in [-0.1, -0.05) is 41.9 Å². The summed E-state index contributed by atoms with van der Waals surface area (Å²) in [4.78, 5) is 15.1. The lowest BCUT2D eigenvalue weighted by atomic mass is 10.0. The predicted molar refractivity (Wildman–Crippen MR) is 132 cm³/mol. The highest BCUT2D eigenvalue weighted by molar-refractivity contribution is 7.90. The summed E-state index contributed by atoms with van der Waals surface area (Å²) in [7, 11) is -3.48. The maximum Gasteiger partial charge on any atom is 0.290 e. The van der Waals surface area contributed by atoms with Gasteiger partial charge in [0.05, 0.1) is 32.6 Å². The van der Waals surface area contributed by atoms with Crippen LogP contribution in [0.1, 0.15) is 24.6 Å². The summed E-state index contributed by atoms with van der Waals surface area (Å²) in [5.41, 5.74) is 4.12. The number of thiazole rings is 1. The van der Waals surface area contributed by atoms with Crippen LogP contribution < -0.4 is 5.32 Å². The molecule has 0 bridgehead atoms. The number of hydrogen-bond acceptors (Lipinski definition) is 7. The van der Waals surface area contributed by atoms with Gasteiger partial charge in [-0.3, -0.25) is 9.69 Å². The molecule has 176 valence electrons. The van der Waals surface area contributed by atoms with Crippen molar-refractivity contribution in [2.24, 2.45) is 0 Å². The van der Waals surface area contributed by atoms with E-state index in [-0.39, 0.29) is 22.7 Å². The van der Waals surface area contributed by atoms with E-state index in [2.05, 4.69) is 46.4 Å². The Hall–Kier alpha value is -2.46. The number of anilines is 1. The molecule has 1 aliphatic rings. The Balaban J connectivity index is 0.000000968. The predicted octanol–water partition coefficient (Wildman–Crippen LogP) is 4.55. The molecule has 1 aromatic heterocycles. The van der Waals surface area contributed by atoms with Crippen LogP contribution in [0.3, 0.4) is 0 Å². The average Bonchev–Trinajstić information content (AvgIpc) is 3.40. The molecule has 0 amide bonds. The van der Waals surface area contributed by atoms with Gasteiger partial charge in [0, 0.05) is 30.6 Å². The van der Waals surface area contributed by atoms with Gasteiger partial charge in [-0.2, -0.15) is 0 Å². The minimum Gasteiger partial charge on any atom is -0.483 e. The molecule has 1 fully saturated rings. The number of rotatable bonds is 7. The van der Waals surface area contributed by atoms with Gasteiger partial charge in [-0.05, 0) is 37.1 Å². The summed E-state index contributed by atoms with van der Waals surface area (Å²) in [6.07, 6.45) is 0.986. The lowest BCUT2D eigenvalue weighted by molar-refractivity contribution is -0.122. The highest BCUT2D eigenvalue weighted by atomic mass is 35.5. The molecular formula is C23H26ClN3O4S2. The second kappa shape index (κ2) is 11.1. The number of hydrogen-bond donors (Lipinski definition) is 2. The molecular weight excluding hydrogens is 482 g/mol. The largest absolute Gasteiger partial charge is 0.483 e. The maximum atomic E-state index is 12.7. The molecule has 0 saturated carbocycles. The van der Waals surface area contributed by atoms with Crippen LogP contribution in [0.15, 0.2) is 64.3 Å². The topological polar surface area (TPSA) is 99.6 Å². The zero-order chi connectivity index (χ0) is 23.9. The van der Waals surface area contributed by atoms with E-state index < -0.39 is 9.84 Å². The van der Waals surface area contributed by atoms with Crippen molar-refractivity contribution in [1.29, 1.82) is 0 Å². The Morgan fingerprint density at radius 2 is 2.00 bits per heavy atom. The number of sulfone groups is 1. The molecule has 33 heavy (non-hydrogen) atoms. The fourth-order valence-electron chi connectivity index (χ4n) is 3.84. The van der Waals surface area contributed by atoms with E-state index in [4.69, 9.17) is 21.5 Å². The number of benzene rings is 2. The minimum absolute atomic E-state index is 0.119. The van der Waals surface area contributed by atoms with Gasteiger partial charge >= 0.3 is 0 Å². The summed E-state index contributed by atoms with van der Waals surface area (Å²) in [5.74, 6) is -0.119. The lowest BCUT2D eigenvalue weighted by Crippen LogP contribution is -2.38. The molecule has 1 saturated heterocycles. The first kappa shape index (κ1) is 25.2. The Morgan fingerprint density at radius 1 is 1.27 bits per heavy atom. The van der Waals surface area contributed by atoms with Crippen LogP contribution in [0.5, 0.6) is 0 Å². The monoisotopic (exact) mass is 507 g/mol. The van der Waals surface area contributed by atoms with E-state index in [1.165, 1.54) is 23.0 Å². The summed E-state index contributed by atoms with van der Waals surface area (Å²) < 4.78 is 25.3. The molecule has 0 radical (unpaired) electrons. The van der Waals surface area contributed by atoms with Gasteiger partial charge in [0.1, 0.15) is 0 Å². The van der Waals surface area contributed by atoms with E-state index in [0.717, 1.165) is 31.7 Å². The van der Waals surface area contributed by atoms with Gasteiger partial charge in [-0.25, -0.2) is 13.4 Å². The number of nitrogens with zero attached hydrogens (tertiary/aromatic N) is 2. The van der Waals surface area contributed by atoms with Gasteiger partial charge in [-0.15, -0.1) is 11.3 Å². The van der Waals surface area contributed by atoms with Crippen molar-refractivity contribution in [2.45, 2.75) is 36.1 Å². The second-order valence-corrected chi connectivity index (χ2v) is 11.2. The minimum atomic E-state index is -3.48. The molecule has 3 aromatic rings. The summed E-state index contributed by atoms with van der Waals surface area (Å²) in [6.45, 7) is 4.74. The maximum absolute atomic E-state index is 12.7. The molecule has 0 unspecified atom stereocenters. The Kier molecular flexibility index (Phi) is 8.47. The van der Waals surface area contributed by atoms with Gasteiger partial charge in [0.15, 0.2) is 9.84 Å². The zero-order valence-electron chi connectivity index (χ0n) is 18.1. The first-order chi connectivity index (χ1) is 15.7. The highest BCUT2D eigenvalue weighted by Gasteiger charge is 2.34. The van der Waals surface area contributed by atoms with E-state index in [9.17, 15) is 8.42 Å². The molecule has 1 aliphatic heterocycles. The third-order valence-electron chi connectivity index (χ3n) is 5.36. The highest BCUT2D eigenvalue weighted by Crippen LogP contribution is 2.32. The number of halogens is 1. The first-order valence-electron chi connectivity index (χ1n) is 10.3. The smallest absolute Gasteiger partial charge is 0.290 e. The number of likely N-dealkylation sites (tertiary alicyclic amines) is 1. The SMILES string of the molecule is C[C@@]1(Nc2ccc(S(=O)(=O)Cc3cscn3)cc2Cl)CCN(Cc2ccccc2)C1.O=CO. The fraction of sp³-hybridized carbons (Fsp3) is 0.304. The number of aromatic nitrogens is 1. The average molecular weight is 508 g/mol. The normalized spacial score (nSPS) is 18.4. The van der Waals surface area contributed by atoms with Gasteiger partial charge < -0.3 is 10.4 Å². The molecule has 2 N–H and O–H groups in total. The molecule has 2 heterocycles. The van der Waals surface area contributed by atoms with E-state index in [1.807, 2.05) is 6.07 Å². The lowest BCUT2D eigenvalue weighted by Gasteiger charge is -2.28. The van der Waals surface area contributed by atoms with Gasteiger partial charge in [0.2, 0.25) is 0 Å².